The lowest BCUT2D eigenvalue weighted by molar-refractivity contribution is -0.124. The summed E-state index contributed by atoms with van der Waals surface area (Å²) >= 11 is 6.16. The summed E-state index contributed by atoms with van der Waals surface area (Å²) in [5.74, 6) is -0.0766. The molecule has 0 radical (unpaired) electrons. The van der Waals surface area contributed by atoms with E-state index in [-0.39, 0.29) is 35.5 Å². The molecule has 1 aromatic rings. The van der Waals surface area contributed by atoms with Crippen LogP contribution in [0.2, 0.25) is 5.02 Å². The van der Waals surface area contributed by atoms with Crippen LogP contribution in [0.1, 0.15) is 12.8 Å². The summed E-state index contributed by atoms with van der Waals surface area (Å²) in [5.41, 5.74) is 0.526. The number of anilines is 1. The average Bonchev–Trinajstić information content (AvgIpc) is 2.75. The van der Waals surface area contributed by atoms with Gasteiger partial charge in [0.05, 0.1) is 22.5 Å². The van der Waals surface area contributed by atoms with E-state index in [1.165, 1.54) is 4.90 Å². The molecule has 3 nitrogen and oxygen atoms in total. The Labute approximate surface area is 122 Å². The number of carbonyl (C=O) groups excluding carboxylic acids is 2. The second-order valence-electron chi connectivity index (χ2n) is 5.80. The Morgan fingerprint density at radius 1 is 0.950 bits per heavy atom. The van der Waals surface area contributed by atoms with Gasteiger partial charge in [-0.1, -0.05) is 35.9 Å². The first-order chi connectivity index (χ1) is 9.68. The number of benzene rings is 1. The number of allylic oxidation sites excluding steroid dienone is 2. The van der Waals surface area contributed by atoms with E-state index in [1.807, 2.05) is 0 Å². The van der Waals surface area contributed by atoms with Crippen molar-refractivity contribution in [3.8, 4) is 0 Å². The Kier molecular flexibility index (Phi) is 2.55. The van der Waals surface area contributed by atoms with Crippen molar-refractivity contribution in [3.05, 3.63) is 41.4 Å². The van der Waals surface area contributed by atoms with Crippen LogP contribution in [-0.4, -0.2) is 11.8 Å². The summed E-state index contributed by atoms with van der Waals surface area (Å²) in [5, 5.41) is 0.452. The van der Waals surface area contributed by atoms with Gasteiger partial charge in [0.15, 0.2) is 0 Å². The number of hydrogen-bond donors (Lipinski definition) is 0. The third kappa shape index (κ3) is 1.47. The normalized spacial score (nSPS) is 34.8. The minimum Gasteiger partial charge on any atom is -0.274 e. The minimum absolute atomic E-state index is 0.0767. The van der Waals surface area contributed by atoms with Crippen LogP contribution in [0.5, 0.6) is 0 Å². The molecule has 0 unspecified atom stereocenters. The maximum atomic E-state index is 12.7. The van der Waals surface area contributed by atoms with Gasteiger partial charge in [0, 0.05) is 0 Å². The summed E-state index contributed by atoms with van der Waals surface area (Å²) in [4.78, 5) is 26.7. The maximum absolute atomic E-state index is 12.7. The molecule has 5 rings (SSSR count). The molecule has 1 aromatic carbocycles. The van der Waals surface area contributed by atoms with Gasteiger partial charge >= 0.3 is 0 Å². The van der Waals surface area contributed by atoms with Gasteiger partial charge in [0.2, 0.25) is 11.8 Å². The van der Waals surface area contributed by atoms with Gasteiger partial charge in [-0.15, -0.1) is 0 Å². The van der Waals surface area contributed by atoms with Gasteiger partial charge in [-0.25, -0.2) is 4.90 Å². The fraction of sp³-hybridized carbons (Fsp3) is 0.375. The molecule has 102 valence electrons. The first-order valence-corrected chi connectivity index (χ1v) is 7.37. The van der Waals surface area contributed by atoms with Crippen molar-refractivity contribution in [2.75, 3.05) is 4.90 Å². The molecule has 2 amide bonds. The van der Waals surface area contributed by atoms with E-state index in [1.54, 1.807) is 24.3 Å². The molecule has 0 aromatic heterocycles. The van der Waals surface area contributed by atoms with Gasteiger partial charge in [0.25, 0.3) is 0 Å². The predicted octanol–water partition coefficient (Wildman–Crippen LogP) is 3.04. The van der Waals surface area contributed by atoms with Crippen LogP contribution in [0, 0.1) is 23.7 Å². The predicted molar refractivity (Wildman–Crippen MR) is 76.3 cm³/mol. The molecule has 4 heteroatoms. The Morgan fingerprint density at radius 3 is 2.00 bits per heavy atom. The van der Waals surface area contributed by atoms with Crippen molar-refractivity contribution < 1.29 is 9.59 Å². The number of nitrogens with zero attached hydrogens (tertiary/aromatic N) is 1. The van der Waals surface area contributed by atoms with E-state index < -0.39 is 0 Å². The molecule has 2 fully saturated rings. The van der Waals surface area contributed by atoms with Crippen LogP contribution in [0.4, 0.5) is 5.69 Å². The fourth-order valence-corrected chi connectivity index (χ4v) is 4.16. The van der Waals surface area contributed by atoms with Gasteiger partial charge in [0.1, 0.15) is 0 Å². The molecule has 0 spiro atoms. The Hall–Kier alpha value is -1.61. The molecule has 1 saturated carbocycles. The molecule has 4 aliphatic rings. The standard InChI is InChI=1S/C16H14ClNO2/c17-11-3-1-2-4-12(11)18-15(19)13-9-5-6-10(8-7-9)14(13)16(18)20/h1-6,9-10,13-14H,7-8H2/t9-,10-,13+,14+/m0/s1. The van der Waals surface area contributed by atoms with Crippen molar-refractivity contribution in [2.24, 2.45) is 23.7 Å². The number of halogens is 1. The number of rotatable bonds is 1. The monoisotopic (exact) mass is 287 g/mol. The molecule has 2 bridgehead atoms. The highest BCUT2D eigenvalue weighted by Crippen LogP contribution is 2.50. The van der Waals surface area contributed by atoms with E-state index in [0.717, 1.165) is 12.8 Å². The topological polar surface area (TPSA) is 37.4 Å². The van der Waals surface area contributed by atoms with E-state index in [4.69, 9.17) is 11.6 Å². The smallest absolute Gasteiger partial charge is 0.238 e. The first kappa shape index (κ1) is 12.2. The van der Waals surface area contributed by atoms with E-state index in [2.05, 4.69) is 12.2 Å². The Bertz CT molecular complexity index is 607. The molecule has 1 heterocycles. The lowest BCUT2D eigenvalue weighted by Gasteiger charge is -2.38. The lowest BCUT2D eigenvalue weighted by atomic mass is 9.63. The van der Waals surface area contributed by atoms with Crippen LogP contribution in [0.25, 0.3) is 0 Å². The molecule has 1 aliphatic heterocycles. The highest BCUT2D eigenvalue weighted by Gasteiger charge is 2.57. The van der Waals surface area contributed by atoms with Crippen molar-refractivity contribution in [1.29, 1.82) is 0 Å². The highest BCUT2D eigenvalue weighted by molar-refractivity contribution is 6.36. The SMILES string of the molecule is O=C1[C@H]2[C@H](C(=O)N1c1ccccc1Cl)[C@H]1C=C[C@H]2CC1. The number of hydrogen-bond acceptors (Lipinski definition) is 2. The largest absolute Gasteiger partial charge is 0.274 e. The van der Waals surface area contributed by atoms with Crippen molar-refractivity contribution in [1.82, 2.24) is 0 Å². The van der Waals surface area contributed by atoms with Crippen molar-refractivity contribution in [2.45, 2.75) is 12.8 Å². The third-order valence-corrected chi connectivity index (χ3v) is 5.17. The van der Waals surface area contributed by atoms with E-state index >= 15 is 0 Å². The van der Waals surface area contributed by atoms with Crippen molar-refractivity contribution >= 4 is 29.1 Å². The first-order valence-electron chi connectivity index (χ1n) is 6.99. The fourth-order valence-electron chi connectivity index (χ4n) is 3.94. The number of para-hydroxylation sites is 1. The van der Waals surface area contributed by atoms with Gasteiger partial charge in [-0.3, -0.25) is 9.59 Å². The molecule has 4 atom stereocenters. The van der Waals surface area contributed by atoms with Gasteiger partial charge in [-0.2, -0.15) is 0 Å². The molecular weight excluding hydrogens is 274 g/mol. The van der Waals surface area contributed by atoms with Crippen LogP contribution in [0.3, 0.4) is 0 Å². The average molecular weight is 288 g/mol. The molecular formula is C16H14ClNO2. The van der Waals surface area contributed by atoms with Crippen LogP contribution in [-0.2, 0) is 9.59 Å². The van der Waals surface area contributed by atoms with Crippen LogP contribution in [0.15, 0.2) is 36.4 Å². The number of fused-ring (bicyclic) bond motifs is 1. The third-order valence-electron chi connectivity index (χ3n) is 4.85. The zero-order chi connectivity index (χ0) is 13.9. The molecule has 20 heavy (non-hydrogen) atoms. The lowest BCUT2D eigenvalue weighted by Crippen LogP contribution is -2.38. The quantitative estimate of drug-likeness (QED) is 0.588. The number of amides is 2. The zero-order valence-electron chi connectivity index (χ0n) is 10.8. The second kappa shape index (κ2) is 4.19. The highest BCUT2D eigenvalue weighted by atomic mass is 35.5. The van der Waals surface area contributed by atoms with Crippen LogP contribution < -0.4 is 4.90 Å². The summed E-state index contributed by atoms with van der Waals surface area (Å²) < 4.78 is 0. The Morgan fingerprint density at radius 2 is 1.50 bits per heavy atom. The molecule has 1 saturated heterocycles. The minimum atomic E-state index is -0.178. The summed E-state index contributed by atoms with van der Waals surface area (Å²) in [7, 11) is 0. The number of imide groups is 1. The van der Waals surface area contributed by atoms with Gasteiger partial charge < -0.3 is 0 Å². The van der Waals surface area contributed by atoms with E-state index in [9.17, 15) is 9.59 Å². The zero-order valence-corrected chi connectivity index (χ0v) is 11.6. The summed E-state index contributed by atoms with van der Waals surface area (Å²) in [6.07, 6.45) is 6.27. The Balaban J connectivity index is 1.80. The summed E-state index contributed by atoms with van der Waals surface area (Å²) in [6, 6.07) is 7.06. The summed E-state index contributed by atoms with van der Waals surface area (Å²) in [6.45, 7) is 0. The molecule has 0 N–H and O–H groups in total. The molecule has 3 aliphatic carbocycles. The van der Waals surface area contributed by atoms with Crippen molar-refractivity contribution in [3.63, 3.8) is 0 Å². The number of carbonyl (C=O) groups is 2. The maximum Gasteiger partial charge on any atom is 0.238 e. The second-order valence-corrected chi connectivity index (χ2v) is 6.21. The van der Waals surface area contributed by atoms with Gasteiger partial charge in [-0.05, 0) is 36.8 Å². The van der Waals surface area contributed by atoms with E-state index in [0.29, 0.717) is 10.7 Å². The van der Waals surface area contributed by atoms with Crippen LogP contribution >= 0.6 is 11.6 Å².